The summed E-state index contributed by atoms with van der Waals surface area (Å²) >= 11 is 0. The lowest BCUT2D eigenvalue weighted by Crippen LogP contribution is -2.47. The molecule has 3 heterocycles. The molecule has 2 N–H and O–H groups in total. The first-order chi connectivity index (χ1) is 10.1. The van der Waals surface area contributed by atoms with Gasteiger partial charge in [0.2, 0.25) is 5.95 Å². The van der Waals surface area contributed by atoms with Crippen LogP contribution in [0.25, 0.3) is 0 Å². The van der Waals surface area contributed by atoms with E-state index in [4.69, 9.17) is 5.73 Å². The van der Waals surface area contributed by atoms with Crippen LogP contribution in [0.5, 0.6) is 0 Å². The lowest BCUT2D eigenvalue weighted by atomic mass is 10.3. The van der Waals surface area contributed by atoms with Crippen LogP contribution >= 0.6 is 0 Å². The van der Waals surface area contributed by atoms with Crippen molar-refractivity contribution < 1.29 is 0 Å². The molecule has 0 radical (unpaired) electrons. The molecule has 0 spiro atoms. The van der Waals surface area contributed by atoms with Crippen molar-refractivity contribution in [2.24, 2.45) is 0 Å². The lowest BCUT2D eigenvalue weighted by molar-refractivity contribution is 0.633. The monoisotopic (exact) mass is 284 g/mol. The van der Waals surface area contributed by atoms with Gasteiger partial charge < -0.3 is 15.5 Å². The first-order valence-corrected chi connectivity index (χ1v) is 7.17. The Morgan fingerprint density at radius 2 is 1.57 bits per heavy atom. The average Bonchev–Trinajstić information content (AvgIpc) is 2.53. The number of aromatic nitrogens is 3. The molecule has 6 nitrogen and oxygen atoms in total. The van der Waals surface area contributed by atoms with Crippen molar-refractivity contribution in [1.82, 2.24) is 15.0 Å². The second-order valence-corrected chi connectivity index (χ2v) is 5.27. The van der Waals surface area contributed by atoms with Crippen LogP contribution in [0.2, 0.25) is 0 Å². The molecule has 1 saturated heterocycles. The normalized spacial score (nSPS) is 15.3. The highest BCUT2D eigenvalue weighted by Crippen LogP contribution is 2.19. The van der Waals surface area contributed by atoms with Gasteiger partial charge in [-0.25, -0.2) is 15.0 Å². The van der Waals surface area contributed by atoms with E-state index in [2.05, 4.69) is 24.8 Å². The van der Waals surface area contributed by atoms with Crippen LogP contribution in [-0.2, 0) is 0 Å². The molecule has 0 amide bonds. The molecule has 1 aliphatic heterocycles. The van der Waals surface area contributed by atoms with E-state index in [9.17, 15) is 0 Å². The summed E-state index contributed by atoms with van der Waals surface area (Å²) < 4.78 is 0. The van der Waals surface area contributed by atoms with E-state index in [0.717, 1.165) is 49.3 Å². The Labute approximate surface area is 124 Å². The fourth-order valence-electron chi connectivity index (χ4n) is 2.53. The molecule has 2 aromatic rings. The third-order valence-corrected chi connectivity index (χ3v) is 3.85. The van der Waals surface area contributed by atoms with Gasteiger partial charge in [-0.05, 0) is 26.0 Å². The van der Waals surface area contributed by atoms with Crippen LogP contribution in [0.15, 0.2) is 24.4 Å². The van der Waals surface area contributed by atoms with Gasteiger partial charge in [-0.1, -0.05) is 6.07 Å². The number of rotatable bonds is 2. The molecule has 21 heavy (non-hydrogen) atoms. The molecule has 0 aromatic carbocycles. The minimum absolute atomic E-state index is 0.686. The number of anilines is 3. The number of nitrogen functional groups attached to an aromatic ring is 1. The standard InChI is InChI=1S/C15H20N6/c1-11-14(16)12(2)19-15(18-11)21-9-7-20(8-10-21)13-5-3-4-6-17-13/h3-6H,7-10,16H2,1-2H3. The van der Waals surface area contributed by atoms with Gasteiger partial charge in [0.25, 0.3) is 0 Å². The van der Waals surface area contributed by atoms with Gasteiger partial charge in [-0.2, -0.15) is 0 Å². The van der Waals surface area contributed by atoms with Crippen molar-refractivity contribution in [3.63, 3.8) is 0 Å². The van der Waals surface area contributed by atoms with Crippen LogP contribution in [0.1, 0.15) is 11.4 Å². The summed E-state index contributed by atoms with van der Waals surface area (Å²) in [6.07, 6.45) is 1.83. The van der Waals surface area contributed by atoms with Gasteiger partial charge in [0.05, 0.1) is 17.1 Å². The molecule has 3 rings (SSSR count). The van der Waals surface area contributed by atoms with Crippen molar-refractivity contribution in [1.29, 1.82) is 0 Å². The number of nitrogens with two attached hydrogens (primary N) is 1. The predicted molar refractivity (Wildman–Crippen MR) is 84.6 cm³/mol. The van der Waals surface area contributed by atoms with Gasteiger partial charge in [0.1, 0.15) is 5.82 Å². The number of hydrogen-bond acceptors (Lipinski definition) is 6. The number of hydrogen-bond donors (Lipinski definition) is 1. The number of pyridine rings is 1. The van der Waals surface area contributed by atoms with Crippen molar-refractivity contribution in [3.8, 4) is 0 Å². The molecule has 0 saturated carbocycles. The molecule has 1 fully saturated rings. The zero-order valence-electron chi connectivity index (χ0n) is 12.5. The van der Waals surface area contributed by atoms with Crippen LogP contribution in [-0.4, -0.2) is 41.1 Å². The van der Waals surface area contributed by atoms with Gasteiger partial charge >= 0.3 is 0 Å². The van der Waals surface area contributed by atoms with E-state index in [1.54, 1.807) is 0 Å². The molecule has 110 valence electrons. The Bertz CT molecular complexity index is 596. The van der Waals surface area contributed by atoms with E-state index in [0.29, 0.717) is 5.69 Å². The molecular weight excluding hydrogens is 264 g/mol. The minimum Gasteiger partial charge on any atom is -0.396 e. The van der Waals surface area contributed by atoms with Gasteiger partial charge in [0, 0.05) is 32.4 Å². The maximum Gasteiger partial charge on any atom is 0.226 e. The highest BCUT2D eigenvalue weighted by atomic mass is 15.3. The number of nitrogens with zero attached hydrogens (tertiary/aromatic N) is 5. The summed E-state index contributed by atoms with van der Waals surface area (Å²) in [5, 5.41) is 0. The predicted octanol–water partition coefficient (Wildman–Crippen LogP) is 1.40. The fraction of sp³-hybridized carbons (Fsp3) is 0.400. The topological polar surface area (TPSA) is 71.2 Å². The van der Waals surface area contributed by atoms with E-state index in [-0.39, 0.29) is 0 Å². The molecule has 2 aromatic heterocycles. The van der Waals surface area contributed by atoms with Crippen LogP contribution in [0.4, 0.5) is 17.5 Å². The first kappa shape index (κ1) is 13.6. The zero-order chi connectivity index (χ0) is 14.8. The van der Waals surface area contributed by atoms with E-state index >= 15 is 0 Å². The molecule has 0 atom stereocenters. The quantitative estimate of drug-likeness (QED) is 0.898. The average molecular weight is 284 g/mol. The minimum atomic E-state index is 0.686. The lowest BCUT2D eigenvalue weighted by Gasteiger charge is -2.35. The van der Waals surface area contributed by atoms with Crippen molar-refractivity contribution in [3.05, 3.63) is 35.8 Å². The van der Waals surface area contributed by atoms with E-state index < -0.39 is 0 Å². The molecule has 0 aliphatic carbocycles. The Balaban J connectivity index is 1.71. The Hall–Kier alpha value is -2.37. The second-order valence-electron chi connectivity index (χ2n) is 5.27. The first-order valence-electron chi connectivity index (χ1n) is 7.17. The smallest absolute Gasteiger partial charge is 0.226 e. The fourth-order valence-corrected chi connectivity index (χ4v) is 2.53. The van der Waals surface area contributed by atoms with Crippen LogP contribution in [0, 0.1) is 13.8 Å². The second kappa shape index (κ2) is 5.55. The van der Waals surface area contributed by atoms with E-state index in [1.807, 2.05) is 38.2 Å². The third-order valence-electron chi connectivity index (χ3n) is 3.85. The molecule has 0 unspecified atom stereocenters. The maximum absolute atomic E-state index is 5.92. The van der Waals surface area contributed by atoms with Crippen molar-refractivity contribution in [2.75, 3.05) is 41.7 Å². The summed E-state index contributed by atoms with van der Waals surface area (Å²) in [4.78, 5) is 17.9. The van der Waals surface area contributed by atoms with Crippen molar-refractivity contribution >= 4 is 17.5 Å². The third kappa shape index (κ3) is 2.74. The highest BCUT2D eigenvalue weighted by Gasteiger charge is 2.20. The van der Waals surface area contributed by atoms with Crippen LogP contribution in [0.3, 0.4) is 0 Å². The Kier molecular flexibility index (Phi) is 3.60. The van der Waals surface area contributed by atoms with Gasteiger partial charge in [0.15, 0.2) is 0 Å². The molecule has 0 bridgehead atoms. The van der Waals surface area contributed by atoms with Crippen LogP contribution < -0.4 is 15.5 Å². The number of aryl methyl sites for hydroxylation is 2. The largest absolute Gasteiger partial charge is 0.396 e. The Morgan fingerprint density at radius 1 is 0.952 bits per heavy atom. The van der Waals surface area contributed by atoms with E-state index in [1.165, 1.54) is 0 Å². The number of piperazine rings is 1. The Morgan fingerprint density at radius 3 is 2.14 bits per heavy atom. The SMILES string of the molecule is Cc1nc(N2CCN(c3ccccn3)CC2)nc(C)c1N. The van der Waals surface area contributed by atoms with Gasteiger partial charge in [-0.3, -0.25) is 0 Å². The maximum atomic E-state index is 5.92. The summed E-state index contributed by atoms with van der Waals surface area (Å²) in [7, 11) is 0. The summed E-state index contributed by atoms with van der Waals surface area (Å²) in [6.45, 7) is 7.47. The molecular formula is C15H20N6. The van der Waals surface area contributed by atoms with Gasteiger partial charge in [-0.15, -0.1) is 0 Å². The molecule has 1 aliphatic rings. The molecule has 6 heteroatoms. The van der Waals surface area contributed by atoms with Crippen molar-refractivity contribution in [2.45, 2.75) is 13.8 Å². The highest BCUT2D eigenvalue weighted by molar-refractivity contribution is 5.51. The summed E-state index contributed by atoms with van der Waals surface area (Å²) in [5.74, 6) is 1.81. The summed E-state index contributed by atoms with van der Waals surface area (Å²) in [6, 6.07) is 6.00. The zero-order valence-corrected chi connectivity index (χ0v) is 12.5. The summed E-state index contributed by atoms with van der Waals surface area (Å²) in [5.41, 5.74) is 8.31.